The summed E-state index contributed by atoms with van der Waals surface area (Å²) in [6.07, 6.45) is 0. The van der Waals surface area contributed by atoms with Gasteiger partial charge in [-0.15, -0.1) is 0 Å². The van der Waals surface area contributed by atoms with Crippen LogP contribution in [0.1, 0.15) is 20.7 Å². The number of hydrogen-bond acceptors (Lipinski definition) is 4. The van der Waals surface area contributed by atoms with E-state index in [0.717, 1.165) is 5.56 Å². The van der Waals surface area contributed by atoms with Gasteiger partial charge in [0.1, 0.15) is 22.6 Å². The van der Waals surface area contributed by atoms with Crippen molar-refractivity contribution >= 4 is 11.9 Å². The monoisotopic (exact) mass is 426 g/mol. The van der Waals surface area contributed by atoms with E-state index in [-0.39, 0.29) is 34.1 Å². The predicted molar refractivity (Wildman–Crippen MR) is 119 cm³/mol. The third-order valence-electron chi connectivity index (χ3n) is 4.73. The van der Waals surface area contributed by atoms with Crippen molar-refractivity contribution in [1.82, 2.24) is 0 Å². The molecule has 0 unspecified atom stereocenters. The number of hydrogen-bond donors (Lipinski definition) is 2. The Labute approximate surface area is 183 Å². The highest BCUT2D eigenvalue weighted by atomic mass is 16.5. The number of rotatable bonds is 7. The zero-order valence-electron chi connectivity index (χ0n) is 16.8. The van der Waals surface area contributed by atoms with Gasteiger partial charge in [-0.05, 0) is 35.9 Å². The number of carboxylic acid groups (broad SMARTS) is 2. The minimum absolute atomic E-state index is 0.00509. The third-order valence-corrected chi connectivity index (χ3v) is 4.73. The number of ether oxygens (including phenoxy) is 2. The van der Waals surface area contributed by atoms with Gasteiger partial charge < -0.3 is 19.7 Å². The van der Waals surface area contributed by atoms with Gasteiger partial charge in [0, 0.05) is 5.56 Å². The van der Waals surface area contributed by atoms with Gasteiger partial charge in [0.05, 0.1) is 0 Å². The highest BCUT2D eigenvalue weighted by Crippen LogP contribution is 2.43. The molecule has 4 aromatic carbocycles. The molecule has 0 radical (unpaired) electrons. The maximum absolute atomic E-state index is 11.7. The molecule has 0 atom stereocenters. The van der Waals surface area contributed by atoms with Crippen LogP contribution in [0.5, 0.6) is 23.0 Å². The van der Waals surface area contributed by atoms with E-state index in [0.29, 0.717) is 5.56 Å². The molecule has 32 heavy (non-hydrogen) atoms. The Morgan fingerprint density at radius 1 is 0.531 bits per heavy atom. The third kappa shape index (κ3) is 4.29. The smallest absolute Gasteiger partial charge is 0.339 e. The van der Waals surface area contributed by atoms with Crippen LogP contribution in [0.25, 0.3) is 11.1 Å². The minimum atomic E-state index is -1.13. The number of para-hydroxylation sites is 3. The highest BCUT2D eigenvalue weighted by Gasteiger charge is 2.20. The number of carboxylic acids is 2. The second-order valence-electron chi connectivity index (χ2n) is 6.81. The van der Waals surface area contributed by atoms with E-state index in [4.69, 9.17) is 9.47 Å². The van der Waals surface area contributed by atoms with Gasteiger partial charge in [0.15, 0.2) is 11.5 Å². The molecule has 6 heteroatoms. The Morgan fingerprint density at radius 3 is 1.62 bits per heavy atom. The van der Waals surface area contributed by atoms with Crippen LogP contribution < -0.4 is 9.47 Å². The van der Waals surface area contributed by atoms with E-state index < -0.39 is 11.9 Å². The first kappa shape index (κ1) is 20.7. The molecule has 0 heterocycles. The quantitative estimate of drug-likeness (QED) is 0.358. The molecule has 0 saturated carbocycles. The van der Waals surface area contributed by atoms with Crippen molar-refractivity contribution < 1.29 is 29.3 Å². The van der Waals surface area contributed by atoms with Crippen molar-refractivity contribution in [2.45, 2.75) is 0 Å². The van der Waals surface area contributed by atoms with E-state index in [1.54, 1.807) is 48.5 Å². The lowest BCUT2D eigenvalue weighted by atomic mass is 10.0. The van der Waals surface area contributed by atoms with Crippen molar-refractivity contribution in [3.63, 3.8) is 0 Å². The molecule has 0 aliphatic heterocycles. The van der Waals surface area contributed by atoms with E-state index in [9.17, 15) is 19.8 Å². The molecular formula is C26H18O6. The lowest BCUT2D eigenvalue weighted by Gasteiger charge is -2.18. The maximum Gasteiger partial charge on any atom is 0.339 e. The SMILES string of the molecule is O=C(O)c1ccccc1Oc1cccc(-c2ccccc2)c1Oc1ccccc1C(=O)O. The Balaban J connectivity index is 1.87. The van der Waals surface area contributed by atoms with Crippen LogP contribution in [0.3, 0.4) is 0 Å². The van der Waals surface area contributed by atoms with Crippen LogP contribution in [0.2, 0.25) is 0 Å². The molecule has 0 saturated heterocycles. The summed E-state index contributed by atoms with van der Waals surface area (Å²) in [7, 11) is 0. The summed E-state index contributed by atoms with van der Waals surface area (Å²) in [5.74, 6) is -1.45. The van der Waals surface area contributed by atoms with Gasteiger partial charge in [-0.2, -0.15) is 0 Å². The summed E-state index contributed by atoms with van der Waals surface area (Å²) in [5.41, 5.74) is 1.48. The summed E-state index contributed by atoms with van der Waals surface area (Å²) < 4.78 is 12.1. The second-order valence-corrected chi connectivity index (χ2v) is 6.81. The van der Waals surface area contributed by atoms with Crippen LogP contribution in [0.15, 0.2) is 97.1 Å². The van der Waals surface area contributed by atoms with Gasteiger partial charge >= 0.3 is 11.9 Å². The summed E-state index contributed by atoms with van der Waals surface area (Å²) in [6, 6.07) is 27.2. The number of carbonyl (C=O) groups is 2. The minimum Gasteiger partial charge on any atom is -0.478 e. The van der Waals surface area contributed by atoms with Crippen molar-refractivity contribution in [2.75, 3.05) is 0 Å². The maximum atomic E-state index is 11.7. The fourth-order valence-electron chi connectivity index (χ4n) is 3.24. The average Bonchev–Trinajstić information content (AvgIpc) is 2.81. The van der Waals surface area contributed by atoms with E-state index in [1.807, 2.05) is 36.4 Å². The first-order chi connectivity index (χ1) is 15.5. The molecule has 0 aromatic heterocycles. The Kier molecular flexibility index (Phi) is 5.85. The molecule has 4 rings (SSSR count). The van der Waals surface area contributed by atoms with E-state index in [1.165, 1.54) is 12.1 Å². The lowest BCUT2D eigenvalue weighted by molar-refractivity contribution is 0.0682. The van der Waals surface area contributed by atoms with Crippen LogP contribution in [-0.2, 0) is 0 Å². The molecule has 0 spiro atoms. The topological polar surface area (TPSA) is 93.1 Å². The molecule has 0 bridgehead atoms. The molecule has 4 aromatic rings. The first-order valence-electron chi connectivity index (χ1n) is 9.73. The number of aromatic carboxylic acids is 2. The summed E-state index contributed by atoms with van der Waals surface area (Å²) >= 11 is 0. The fraction of sp³-hybridized carbons (Fsp3) is 0. The van der Waals surface area contributed by atoms with Gasteiger partial charge in [-0.3, -0.25) is 0 Å². The first-order valence-corrected chi connectivity index (χ1v) is 9.73. The largest absolute Gasteiger partial charge is 0.478 e. The summed E-state index contributed by atoms with van der Waals surface area (Å²) in [6.45, 7) is 0. The molecule has 0 aliphatic rings. The normalized spacial score (nSPS) is 10.4. The van der Waals surface area contributed by atoms with E-state index in [2.05, 4.69) is 0 Å². The van der Waals surface area contributed by atoms with Gasteiger partial charge in [0.2, 0.25) is 0 Å². The van der Waals surface area contributed by atoms with E-state index >= 15 is 0 Å². The summed E-state index contributed by atoms with van der Waals surface area (Å²) in [5, 5.41) is 19.1. The van der Waals surface area contributed by atoms with Crippen molar-refractivity contribution in [1.29, 1.82) is 0 Å². The molecule has 6 nitrogen and oxygen atoms in total. The van der Waals surface area contributed by atoms with Gasteiger partial charge in [-0.25, -0.2) is 9.59 Å². The van der Waals surface area contributed by atoms with Crippen LogP contribution >= 0.6 is 0 Å². The Morgan fingerprint density at radius 2 is 1.03 bits per heavy atom. The van der Waals surface area contributed by atoms with Crippen molar-refractivity contribution in [3.05, 3.63) is 108 Å². The van der Waals surface area contributed by atoms with Crippen molar-refractivity contribution in [2.24, 2.45) is 0 Å². The van der Waals surface area contributed by atoms with Gasteiger partial charge in [-0.1, -0.05) is 66.7 Å². The van der Waals surface area contributed by atoms with Crippen molar-refractivity contribution in [3.8, 4) is 34.1 Å². The molecule has 0 amide bonds. The molecular weight excluding hydrogens is 408 g/mol. The summed E-state index contributed by atoms with van der Waals surface area (Å²) in [4.78, 5) is 23.3. The van der Waals surface area contributed by atoms with Crippen LogP contribution in [0, 0.1) is 0 Å². The standard InChI is InChI=1S/C26H18O6/c27-25(28)19-11-4-6-14-21(19)31-23-16-8-13-18(17-9-2-1-3-10-17)24(23)32-22-15-7-5-12-20(22)26(29)30/h1-16H,(H,27,28)(H,29,30). The lowest BCUT2D eigenvalue weighted by Crippen LogP contribution is -2.02. The van der Waals surface area contributed by atoms with Gasteiger partial charge in [0.25, 0.3) is 0 Å². The van der Waals surface area contributed by atoms with Crippen LogP contribution in [-0.4, -0.2) is 22.2 Å². The average molecular weight is 426 g/mol. The number of benzene rings is 4. The highest BCUT2D eigenvalue weighted by molar-refractivity contribution is 5.92. The second kappa shape index (κ2) is 9.06. The molecule has 0 fully saturated rings. The molecule has 158 valence electrons. The Hall–Kier alpha value is -4.58. The fourth-order valence-corrected chi connectivity index (χ4v) is 3.24. The van der Waals surface area contributed by atoms with Crippen LogP contribution in [0.4, 0.5) is 0 Å². The zero-order valence-corrected chi connectivity index (χ0v) is 16.8. The molecule has 2 N–H and O–H groups in total. The Bertz CT molecular complexity index is 1280. The molecule has 0 aliphatic carbocycles. The predicted octanol–water partition coefficient (Wildman–Crippen LogP) is 6.33. The zero-order chi connectivity index (χ0) is 22.5.